The van der Waals surface area contributed by atoms with Gasteiger partial charge in [-0.2, -0.15) is 0 Å². The summed E-state index contributed by atoms with van der Waals surface area (Å²) in [5.74, 6) is -2.42. The predicted octanol–water partition coefficient (Wildman–Crippen LogP) is 2.18. The fourth-order valence-corrected chi connectivity index (χ4v) is 1.78. The molecular weight excluding hydrogens is 246 g/mol. The summed E-state index contributed by atoms with van der Waals surface area (Å²) < 4.78 is 0. The lowest BCUT2D eigenvalue weighted by Gasteiger charge is -2.03. The van der Waals surface area contributed by atoms with E-state index in [1.807, 2.05) is 12.1 Å². The van der Waals surface area contributed by atoms with Gasteiger partial charge in [0.1, 0.15) is 0 Å². The second-order valence-corrected chi connectivity index (χ2v) is 3.97. The Labute approximate surface area is 108 Å². The number of hydrogen-bond acceptors (Lipinski definition) is 3. The molecule has 19 heavy (non-hydrogen) atoms. The van der Waals surface area contributed by atoms with Crippen molar-refractivity contribution in [1.29, 1.82) is 0 Å². The molecule has 5 nitrogen and oxygen atoms in total. The monoisotopic (exact) mass is 257 g/mol. The highest BCUT2D eigenvalue weighted by Gasteiger charge is 2.12. The Hall–Kier alpha value is -2.69. The number of benzene rings is 1. The zero-order valence-electron chi connectivity index (χ0n) is 9.91. The van der Waals surface area contributed by atoms with Crippen molar-refractivity contribution >= 4 is 28.9 Å². The molecule has 0 aliphatic heterocycles. The van der Waals surface area contributed by atoms with E-state index in [0.717, 1.165) is 5.39 Å². The summed E-state index contributed by atoms with van der Waals surface area (Å²) in [4.78, 5) is 25.9. The van der Waals surface area contributed by atoms with Crippen LogP contribution >= 0.6 is 0 Å². The van der Waals surface area contributed by atoms with Crippen LogP contribution in [0.4, 0.5) is 0 Å². The fraction of sp³-hybridized carbons (Fsp3) is 0.0714. The quantitative estimate of drug-likeness (QED) is 0.819. The second kappa shape index (κ2) is 5.30. The van der Waals surface area contributed by atoms with Crippen LogP contribution in [0.5, 0.6) is 0 Å². The fourth-order valence-electron chi connectivity index (χ4n) is 1.78. The van der Waals surface area contributed by atoms with E-state index in [-0.39, 0.29) is 5.57 Å². The van der Waals surface area contributed by atoms with Crippen LogP contribution in [-0.2, 0) is 9.59 Å². The molecule has 0 atom stereocenters. The average Bonchev–Trinajstić information content (AvgIpc) is 2.37. The van der Waals surface area contributed by atoms with Crippen LogP contribution in [0.25, 0.3) is 17.0 Å². The summed E-state index contributed by atoms with van der Waals surface area (Å²) in [6, 6.07) is 8.98. The molecule has 0 amide bonds. The van der Waals surface area contributed by atoms with E-state index in [4.69, 9.17) is 10.2 Å². The minimum atomic E-state index is -1.24. The molecule has 0 unspecified atom stereocenters. The highest BCUT2D eigenvalue weighted by Crippen LogP contribution is 2.19. The number of nitrogens with zero attached hydrogens (tertiary/aromatic N) is 1. The van der Waals surface area contributed by atoms with Crippen LogP contribution in [0, 0.1) is 0 Å². The minimum absolute atomic E-state index is 0.175. The van der Waals surface area contributed by atoms with Gasteiger partial charge in [-0.15, -0.1) is 0 Å². The zero-order valence-corrected chi connectivity index (χ0v) is 9.91. The molecule has 5 heteroatoms. The predicted molar refractivity (Wildman–Crippen MR) is 69.6 cm³/mol. The lowest BCUT2D eigenvalue weighted by atomic mass is 10.0. The molecule has 0 spiro atoms. The molecule has 2 aromatic rings. The van der Waals surface area contributed by atoms with E-state index in [1.54, 1.807) is 24.4 Å². The van der Waals surface area contributed by atoms with E-state index in [1.165, 1.54) is 6.08 Å². The van der Waals surface area contributed by atoms with Crippen LogP contribution in [0.2, 0.25) is 0 Å². The first kappa shape index (κ1) is 12.8. The summed E-state index contributed by atoms with van der Waals surface area (Å²) in [5, 5.41) is 18.6. The number of para-hydroxylation sites is 1. The van der Waals surface area contributed by atoms with Crippen LogP contribution in [0.1, 0.15) is 12.0 Å². The number of carboxylic acids is 2. The van der Waals surface area contributed by atoms with Crippen molar-refractivity contribution in [1.82, 2.24) is 4.98 Å². The third-order valence-electron chi connectivity index (χ3n) is 2.61. The van der Waals surface area contributed by atoms with Crippen LogP contribution < -0.4 is 0 Å². The largest absolute Gasteiger partial charge is 0.481 e. The van der Waals surface area contributed by atoms with E-state index in [9.17, 15) is 9.59 Å². The highest BCUT2D eigenvalue weighted by molar-refractivity contribution is 5.99. The van der Waals surface area contributed by atoms with Crippen molar-refractivity contribution in [3.8, 4) is 0 Å². The SMILES string of the molecule is O=C(O)C/C(=C\c1cccc2cccnc12)C(=O)O. The number of carboxylic acid groups (broad SMARTS) is 2. The molecule has 0 aliphatic rings. The highest BCUT2D eigenvalue weighted by atomic mass is 16.4. The maximum Gasteiger partial charge on any atom is 0.332 e. The second-order valence-electron chi connectivity index (χ2n) is 3.97. The van der Waals surface area contributed by atoms with Crippen molar-refractivity contribution in [3.63, 3.8) is 0 Å². The Morgan fingerprint density at radius 1 is 1.16 bits per heavy atom. The van der Waals surface area contributed by atoms with Crippen LogP contribution in [-0.4, -0.2) is 27.1 Å². The standard InChI is InChI=1S/C14H11NO4/c16-12(17)8-11(14(18)19)7-10-4-1-3-9-5-2-6-15-13(9)10/h1-7H,8H2,(H,16,17)(H,18,19)/b11-7+. The number of rotatable bonds is 4. The molecule has 1 heterocycles. The van der Waals surface area contributed by atoms with Gasteiger partial charge in [-0.3, -0.25) is 9.78 Å². The van der Waals surface area contributed by atoms with Gasteiger partial charge in [-0.25, -0.2) is 4.79 Å². The van der Waals surface area contributed by atoms with Gasteiger partial charge in [0.15, 0.2) is 0 Å². The van der Waals surface area contributed by atoms with Crippen molar-refractivity contribution < 1.29 is 19.8 Å². The lowest BCUT2D eigenvalue weighted by Crippen LogP contribution is -2.06. The zero-order chi connectivity index (χ0) is 13.8. The molecule has 0 fully saturated rings. The summed E-state index contributed by atoms with van der Waals surface area (Å²) >= 11 is 0. The molecule has 1 aromatic heterocycles. The molecule has 0 bridgehead atoms. The van der Waals surface area contributed by atoms with Crippen molar-refractivity contribution in [3.05, 3.63) is 47.7 Å². The Morgan fingerprint density at radius 3 is 2.58 bits per heavy atom. The van der Waals surface area contributed by atoms with Gasteiger partial charge >= 0.3 is 11.9 Å². The Balaban J connectivity index is 2.54. The van der Waals surface area contributed by atoms with Gasteiger partial charge in [-0.1, -0.05) is 24.3 Å². The number of hydrogen-bond donors (Lipinski definition) is 2. The van der Waals surface area contributed by atoms with E-state index < -0.39 is 18.4 Å². The molecule has 0 aliphatic carbocycles. The third kappa shape index (κ3) is 2.95. The summed E-state index contributed by atoms with van der Waals surface area (Å²) in [6.07, 6.45) is 2.43. The molecule has 96 valence electrons. The topological polar surface area (TPSA) is 87.5 Å². The van der Waals surface area contributed by atoms with Crippen LogP contribution in [0.15, 0.2) is 42.1 Å². The maximum absolute atomic E-state index is 11.0. The Kier molecular flexibility index (Phi) is 3.56. The van der Waals surface area contributed by atoms with E-state index >= 15 is 0 Å². The minimum Gasteiger partial charge on any atom is -0.481 e. The summed E-state index contributed by atoms with van der Waals surface area (Å²) in [7, 11) is 0. The number of pyridine rings is 1. The first-order valence-electron chi connectivity index (χ1n) is 5.57. The summed E-state index contributed by atoms with van der Waals surface area (Å²) in [6.45, 7) is 0. The normalized spacial score (nSPS) is 11.5. The van der Waals surface area contributed by atoms with E-state index in [0.29, 0.717) is 11.1 Å². The maximum atomic E-state index is 11.0. The molecule has 2 rings (SSSR count). The van der Waals surface area contributed by atoms with Gasteiger partial charge in [0, 0.05) is 22.7 Å². The van der Waals surface area contributed by atoms with Gasteiger partial charge in [-0.05, 0) is 12.1 Å². The first-order valence-corrected chi connectivity index (χ1v) is 5.57. The molecule has 0 saturated heterocycles. The Bertz CT molecular complexity index is 671. The molecule has 1 aromatic carbocycles. The molecule has 2 N–H and O–H groups in total. The average molecular weight is 257 g/mol. The van der Waals surface area contributed by atoms with Gasteiger partial charge in [0.25, 0.3) is 0 Å². The molecule has 0 radical (unpaired) electrons. The van der Waals surface area contributed by atoms with Gasteiger partial charge in [0.2, 0.25) is 0 Å². The number of fused-ring (bicyclic) bond motifs is 1. The van der Waals surface area contributed by atoms with E-state index in [2.05, 4.69) is 4.98 Å². The van der Waals surface area contributed by atoms with Crippen molar-refractivity contribution in [2.45, 2.75) is 6.42 Å². The van der Waals surface area contributed by atoms with Crippen molar-refractivity contribution in [2.75, 3.05) is 0 Å². The van der Waals surface area contributed by atoms with Gasteiger partial charge in [0.05, 0.1) is 11.9 Å². The molecular formula is C14H11NO4. The lowest BCUT2D eigenvalue weighted by molar-refractivity contribution is -0.139. The number of aromatic nitrogens is 1. The number of carbonyl (C=O) groups is 2. The smallest absolute Gasteiger partial charge is 0.332 e. The first-order chi connectivity index (χ1) is 9.08. The van der Waals surface area contributed by atoms with Gasteiger partial charge < -0.3 is 10.2 Å². The Morgan fingerprint density at radius 2 is 1.89 bits per heavy atom. The third-order valence-corrected chi connectivity index (χ3v) is 2.61. The van der Waals surface area contributed by atoms with Crippen molar-refractivity contribution in [2.24, 2.45) is 0 Å². The van der Waals surface area contributed by atoms with Crippen LogP contribution in [0.3, 0.4) is 0 Å². The summed E-state index contributed by atoms with van der Waals surface area (Å²) in [5.41, 5.74) is 1.07. The molecule has 0 saturated carbocycles. The number of aliphatic carboxylic acids is 2.